The summed E-state index contributed by atoms with van der Waals surface area (Å²) in [7, 11) is 0. The second kappa shape index (κ2) is 7.23. The Hall–Kier alpha value is -3.41. The lowest BCUT2D eigenvalue weighted by Crippen LogP contribution is -2.21. The predicted molar refractivity (Wildman–Crippen MR) is 88.8 cm³/mol. The summed E-state index contributed by atoms with van der Waals surface area (Å²) < 4.78 is 0. The third-order valence-electron chi connectivity index (χ3n) is 3.27. The minimum Gasteiger partial charge on any atom is -0.478 e. The maximum Gasteiger partial charge on any atom is 0.341 e. The SMILES string of the molecule is Cc1ccc(C=C(C(=O)O)C(=O)Nc2ccccc2C(=O)O)cc1. The highest BCUT2D eigenvalue weighted by Crippen LogP contribution is 2.17. The number of carboxylic acid groups (broad SMARTS) is 2. The fraction of sp³-hybridized carbons (Fsp3) is 0.0556. The molecule has 0 saturated heterocycles. The molecule has 0 bridgehead atoms. The van der Waals surface area contributed by atoms with Crippen molar-refractivity contribution in [2.75, 3.05) is 5.32 Å². The monoisotopic (exact) mass is 325 g/mol. The summed E-state index contributed by atoms with van der Waals surface area (Å²) in [5, 5.41) is 20.7. The van der Waals surface area contributed by atoms with Crippen molar-refractivity contribution in [3.8, 4) is 0 Å². The molecular formula is C18H15NO5. The Labute approximate surface area is 138 Å². The molecule has 24 heavy (non-hydrogen) atoms. The maximum atomic E-state index is 12.2. The number of aliphatic carboxylic acids is 1. The average molecular weight is 325 g/mol. The third-order valence-corrected chi connectivity index (χ3v) is 3.27. The Morgan fingerprint density at radius 2 is 1.58 bits per heavy atom. The molecule has 6 nitrogen and oxygen atoms in total. The molecule has 122 valence electrons. The van der Waals surface area contributed by atoms with Gasteiger partial charge in [0.15, 0.2) is 0 Å². The molecule has 0 radical (unpaired) electrons. The molecule has 0 unspecified atom stereocenters. The van der Waals surface area contributed by atoms with Gasteiger partial charge >= 0.3 is 11.9 Å². The zero-order valence-electron chi connectivity index (χ0n) is 12.8. The predicted octanol–water partition coefficient (Wildman–Crippen LogP) is 2.80. The van der Waals surface area contributed by atoms with Crippen LogP contribution in [0, 0.1) is 6.92 Å². The first kappa shape index (κ1) is 17.0. The van der Waals surface area contributed by atoms with E-state index >= 15 is 0 Å². The normalized spacial score (nSPS) is 11.0. The van der Waals surface area contributed by atoms with Gasteiger partial charge in [-0.25, -0.2) is 9.59 Å². The highest BCUT2D eigenvalue weighted by atomic mass is 16.4. The van der Waals surface area contributed by atoms with Crippen LogP contribution in [0.25, 0.3) is 6.08 Å². The smallest absolute Gasteiger partial charge is 0.341 e. The van der Waals surface area contributed by atoms with Gasteiger partial charge in [-0.1, -0.05) is 42.0 Å². The number of aryl methyl sites for hydroxylation is 1. The van der Waals surface area contributed by atoms with Crippen molar-refractivity contribution in [3.05, 3.63) is 70.8 Å². The van der Waals surface area contributed by atoms with E-state index in [2.05, 4.69) is 5.32 Å². The van der Waals surface area contributed by atoms with Gasteiger partial charge in [-0.15, -0.1) is 0 Å². The fourth-order valence-electron chi connectivity index (χ4n) is 2.02. The lowest BCUT2D eigenvalue weighted by Gasteiger charge is -2.09. The molecule has 0 atom stereocenters. The van der Waals surface area contributed by atoms with Crippen LogP contribution in [0.5, 0.6) is 0 Å². The summed E-state index contributed by atoms with van der Waals surface area (Å²) in [6, 6.07) is 12.7. The molecule has 0 saturated carbocycles. The summed E-state index contributed by atoms with van der Waals surface area (Å²) in [6.07, 6.45) is 1.24. The number of benzene rings is 2. The summed E-state index contributed by atoms with van der Waals surface area (Å²) in [5.74, 6) is -3.51. The van der Waals surface area contributed by atoms with Gasteiger partial charge in [0, 0.05) is 0 Å². The minimum atomic E-state index is -1.40. The van der Waals surface area contributed by atoms with E-state index in [-0.39, 0.29) is 11.3 Å². The molecule has 0 fully saturated rings. The minimum absolute atomic E-state index is 0.0334. The second-order valence-corrected chi connectivity index (χ2v) is 5.08. The van der Waals surface area contributed by atoms with Crippen LogP contribution in [-0.4, -0.2) is 28.1 Å². The first-order chi connectivity index (χ1) is 11.4. The number of anilines is 1. The van der Waals surface area contributed by atoms with Gasteiger partial charge in [0.2, 0.25) is 0 Å². The van der Waals surface area contributed by atoms with Gasteiger partial charge in [-0.2, -0.15) is 0 Å². The molecule has 3 N–H and O–H groups in total. The Kier molecular flexibility index (Phi) is 5.11. The van der Waals surface area contributed by atoms with E-state index in [1.807, 2.05) is 6.92 Å². The molecule has 2 rings (SSSR count). The molecule has 0 aliphatic rings. The van der Waals surface area contributed by atoms with E-state index in [1.54, 1.807) is 30.3 Å². The topological polar surface area (TPSA) is 104 Å². The van der Waals surface area contributed by atoms with E-state index in [0.29, 0.717) is 5.56 Å². The second-order valence-electron chi connectivity index (χ2n) is 5.08. The van der Waals surface area contributed by atoms with Gasteiger partial charge < -0.3 is 15.5 Å². The van der Waals surface area contributed by atoms with Crippen molar-refractivity contribution >= 4 is 29.6 Å². The molecule has 0 spiro atoms. The molecule has 2 aromatic carbocycles. The number of amides is 1. The number of hydrogen-bond donors (Lipinski definition) is 3. The van der Waals surface area contributed by atoms with Crippen molar-refractivity contribution in [3.63, 3.8) is 0 Å². The Bertz CT molecular complexity index is 822. The summed E-state index contributed by atoms with van der Waals surface area (Å²) >= 11 is 0. The summed E-state index contributed by atoms with van der Waals surface area (Å²) in [5.41, 5.74) is 0.986. The Balaban J connectivity index is 2.32. The zero-order valence-corrected chi connectivity index (χ0v) is 12.8. The molecule has 0 aliphatic carbocycles. The summed E-state index contributed by atoms with van der Waals surface area (Å²) in [6.45, 7) is 1.89. The van der Waals surface area contributed by atoms with Gasteiger partial charge in [0.05, 0.1) is 11.3 Å². The van der Waals surface area contributed by atoms with E-state index in [9.17, 15) is 19.5 Å². The van der Waals surface area contributed by atoms with Gasteiger partial charge in [-0.3, -0.25) is 4.79 Å². The lowest BCUT2D eigenvalue weighted by atomic mass is 10.1. The quantitative estimate of drug-likeness (QED) is 0.445. The lowest BCUT2D eigenvalue weighted by molar-refractivity contribution is -0.134. The number of rotatable bonds is 5. The zero-order chi connectivity index (χ0) is 17.7. The van der Waals surface area contributed by atoms with E-state index in [1.165, 1.54) is 24.3 Å². The highest BCUT2D eigenvalue weighted by molar-refractivity contribution is 6.24. The van der Waals surface area contributed by atoms with Gasteiger partial charge in [-0.05, 0) is 30.7 Å². The number of nitrogens with one attached hydrogen (secondary N) is 1. The van der Waals surface area contributed by atoms with E-state index < -0.39 is 23.4 Å². The summed E-state index contributed by atoms with van der Waals surface area (Å²) in [4.78, 5) is 34.8. The van der Waals surface area contributed by atoms with Crippen LogP contribution >= 0.6 is 0 Å². The Morgan fingerprint density at radius 1 is 0.958 bits per heavy atom. The molecule has 0 aromatic heterocycles. The largest absolute Gasteiger partial charge is 0.478 e. The number of carbonyl (C=O) groups is 3. The van der Waals surface area contributed by atoms with Crippen LogP contribution in [0.3, 0.4) is 0 Å². The van der Waals surface area contributed by atoms with Crippen LogP contribution in [-0.2, 0) is 9.59 Å². The molecule has 6 heteroatoms. The number of para-hydroxylation sites is 1. The van der Waals surface area contributed by atoms with E-state index in [0.717, 1.165) is 5.56 Å². The highest BCUT2D eigenvalue weighted by Gasteiger charge is 2.19. The molecular weight excluding hydrogens is 310 g/mol. The molecule has 0 heterocycles. The van der Waals surface area contributed by atoms with Crippen LogP contribution in [0.4, 0.5) is 5.69 Å². The molecule has 0 aliphatic heterocycles. The van der Waals surface area contributed by atoms with Crippen molar-refractivity contribution in [2.24, 2.45) is 0 Å². The van der Waals surface area contributed by atoms with Crippen molar-refractivity contribution in [2.45, 2.75) is 6.92 Å². The first-order valence-electron chi connectivity index (χ1n) is 7.04. The van der Waals surface area contributed by atoms with Crippen LogP contribution in [0.1, 0.15) is 21.5 Å². The van der Waals surface area contributed by atoms with Crippen molar-refractivity contribution in [1.29, 1.82) is 0 Å². The standard InChI is InChI=1S/C18H15NO5/c1-11-6-8-12(9-7-11)10-14(18(23)24)16(20)19-15-5-3-2-4-13(15)17(21)22/h2-10H,1H3,(H,19,20)(H,21,22)(H,23,24). The fourth-order valence-corrected chi connectivity index (χ4v) is 2.02. The number of carboxylic acids is 2. The third kappa shape index (κ3) is 4.07. The van der Waals surface area contributed by atoms with Crippen molar-refractivity contribution in [1.82, 2.24) is 0 Å². The molecule has 1 amide bonds. The van der Waals surface area contributed by atoms with E-state index in [4.69, 9.17) is 5.11 Å². The number of hydrogen-bond acceptors (Lipinski definition) is 3. The average Bonchev–Trinajstić information content (AvgIpc) is 2.54. The Morgan fingerprint density at radius 3 is 2.17 bits per heavy atom. The number of aromatic carboxylic acids is 1. The number of carbonyl (C=O) groups excluding carboxylic acids is 1. The maximum absolute atomic E-state index is 12.2. The first-order valence-corrected chi connectivity index (χ1v) is 7.04. The van der Waals surface area contributed by atoms with Crippen LogP contribution in [0.15, 0.2) is 54.1 Å². The van der Waals surface area contributed by atoms with Crippen LogP contribution in [0.2, 0.25) is 0 Å². The van der Waals surface area contributed by atoms with Gasteiger partial charge in [0.1, 0.15) is 5.57 Å². The van der Waals surface area contributed by atoms with Gasteiger partial charge in [0.25, 0.3) is 5.91 Å². The van der Waals surface area contributed by atoms with Crippen molar-refractivity contribution < 1.29 is 24.6 Å². The molecule has 2 aromatic rings. The van der Waals surface area contributed by atoms with Crippen LogP contribution < -0.4 is 5.32 Å².